The smallest absolute Gasteiger partial charge is 0.391 e. The molecule has 0 radical (unpaired) electrons. The van der Waals surface area contributed by atoms with Crippen LogP contribution in [0.15, 0.2) is 21.5 Å². The largest absolute Gasteiger partial charge is 0.446 e. The Labute approximate surface area is 93.9 Å². The monoisotopic (exact) mass is 262 g/mol. The van der Waals surface area contributed by atoms with E-state index in [9.17, 15) is 9.36 Å². The Balaban J connectivity index is 2.37. The molecule has 0 aliphatic carbocycles. The zero-order chi connectivity index (χ0) is 11.9. The summed E-state index contributed by atoms with van der Waals surface area (Å²) >= 11 is 0.821. The van der Waals surface area contributed by atoms with Crippen LogP contribution in [0.5, 0.6) is 0 Å². The fourth-order valence-corrected chi connectivity index (χ4v) is 2.28. The summed E-state index contributed by atoms with van der Waals surface area (Å²) in [4.78, 5) is 32.8. The maximum atomic E-state index is 11.3. The molecule has 1 unspecified atom stereocenters. The second kappa shape index (κ2) is 3.83. The number of aliphatic imine (C=N–C) groups is 1. The first-order valence-electron chi connectivity index (χ1n) is 4.08. The van der Waals surface area contributed by atoms with E-state index in [1.165, 1.54) is 6.07 Å². The number of hydrogen-bond acceptors (Lipinski definition) is 6. The fourth-order valence-electron chi connectivity index (χ4n) is 1.15. The lowest BCUT2D eigenvalue weighted by molar-refractivity contribution is -0.105. The Morgan fingerprint density at radius 3 is 2.62 bits per heavy atom. The standard InChI is InChI=1S/C7H7N2O5PS/c8-7-9-5(6(10)16-7)3-1-2-4(14-3)15(11,12)13/h1-2,7H,8H2,(H2,11,12,13). The molecule has 0 aromatic carbocycles. The van der Waals surface area contributed by atoms with E-state index in [-0.39, 0.29) is 16.6 Å². The van der Waals surface area contributed by atoms with Gasteiger partial charge < -0.3 is 19.9 Å². The van der Waals surface area contributed by atoms with Crippen LogP contribution in [-0.4, -0.2) is 26.1 Å². The number of nitrogens with zero attached hydrogens (tertiary/aromatic N) is 1. The van der Waals surface area contributed by atoms with Crippen LogP contribution in [0.2, 0.25) is 0 Å². The van der Waals surface area contributed by atoms with Gasteiger partial charge in [-0.05, 0) is 23.9 Å². The number of nitrogens with two attached hydrogens (primary N) is 1. The van der Waals surface area contributed by atoms with E-state index in [2.05, 4.69) is 4.99 Å². The van der Waals surface area contributed by atoms with Crippen molar-refractivity contribution in [2.24, 2.45) is 10.7 Å². The summed E-state index contributed by atoms with van der Waals surface area (Å²) in [5, 5.41) is -0.376. The summed E-state index contributed by atoms with van der Waals surface area (Å²) in [6.45, 7) is 0. The average molecular weight is 262 g/mol. The highest BCUT2D eigenvalue weighted by atomic mass is 32.2. The Morgan fingerprint density at radius 1 is 1.50 bits per heavy atom. The maximum Gasteiger partial charge on any atom is 0.391 e. The average Bonchev–Trinajstić information content (AvgIpc) is 2.70. The summed E-state index contributed by atoms with van der Waals surface area (Å²) in [6.07, 6.45) is 0. The van der Waals surface area contributed by atoms with Crippen molar-refractivity contribution in [2.45, 2.75) is 5.50 Å². The molecule has 1 aliphatic rings. The van der Waals surface area contributed by atoms with E-state index in [4.69, 9.17) is 19.9 Å². The molecule has 0 saturated heterocycles. The summed E-state index contributed by atoms with van der Waals surface area (Å²) in [6, 6.07) is 2.39. The minimum absolute atomic E-state index is 0.00259. The normalized spacial score (nSPS) is 21.3. The molecule has 0 saturated carbocycles. The Kier molecular flexibility index (Phi) is 2.77. The SMILES string of the molecule is NC1N=C(c2ccc(P(=O)(O)O)o2)C(=O)S1. The zero-order valence-corrected chi connectivity index (χ0v) is 9.44. The molecule has 9 heteroatoms. The van der Waals surface area contributed by atoms with Crippen LogP contribution in [0.4, 0.5) is 0 Å². The molecule has 2 rings (SSSR count). The van der Waals surface area contributed by atoms with Gasteiger partial charge >= 0.3 is 7.60 Å². The van der Waals surface area contributed by atoms with Gasteiger partial charge in [0.05, 0.1) is 0 Å². The minimum Gasteiger partial charge on any atom is -0.446 e. The Hall–Kier alpha value is -0.920. The van der Waals surface area contributed by atoms with Gasteiger partial charge in [0.25, 0.3) is 0 Å². The minimum atomic E-state index is -4.44. The summed E-state index contributed by atoms with van der Waals surface area (Å²) in [5.41, 5.74) is 4.22. The van der Waals surface area contributed by atoms with E-state index < -0.39 is 18.6 Å². The first-order valence-corrected chi connectivity index (χ1v) is 6.58. The molecule has 16 heavy (non-hydrogen) atoms. The van der Waals surface area contributed by atoms with E-state index >= 15 is 0 Å². The molecular formula is C7H7N2O5PS. The van der Waals surface area contributed by atoms with Crippen LogP contribution in [0.25, 0.3) is 0 Å². The van der Waals surface area contributed by atoms with E-state index in [0.717, 1.165) is 17.8 Å². The van der Waals surface area contributed by atoms with Gasteiger partial charge in [0.1, 0.15) is 0 Å². The van der Waals surface area contributed by atoms with Crippen LogP contribution in [-0.2, 0) is 9.36 Å². The lowest BCUT2D eigenvalue weighted by Gasteiger charge is -1.97. The number of carbonyl (C=O) groups is 1. The lowest BCUT2D eigenvalue weighted by atomic mass is 10.3. The van der Waals surface area contributed by atoms with Gasteiger partial charge in [0.2, 0.25) is 10.6 Å². The molecule has 1 atom stereocenters. The van der Waals surface area contributed by atoms with Gasteiger partial charge in [-0.15, -0.1) is 0 Å². The molecule has 0 amide bonds. The van der Waals surface area contributed by atoms with Crippen LogP contribution < -0.4 is 11.2 Å². The molecule has 7 nitrogen and oxygen atoms in total. The van der Waals surface area contributed by atoms with Gasteiger partial charge in [-0.25, -0.2) is 4.99 Å². The molecule has 1 aliphatic heterocycles. The van der Waals surface area contributed by atoms with Gasteiger partial charge in [-0.1, -0.05) is 0 Å². The van der Waals surface area contributed by atoms with E-state index in [1.807, 2.05) is 0 Å². The van der Waals surface area contributed by atoms with Crippen LogP contribution in [0, 0.1) is 0 Å². The Morgan fingerprint density at radius 2 is 2.19 bits per heavy atom. The van der Waals surface area contributed by atoms with Crippen molar-refractivity contribution >= 4 is 35.7 Å². The van der Waals surface area contributed by atoms with Crippen molar-refractivity contribution < 1.29 is 23.6 Å². The van der Waals surface area contributed by atoms with E-state index in [0.29, 0.717) is 0 Å². The van der Waals surface area contributed by atoms with Gasteiger partial charge in [0, 0.05) is 0 Å². The molecule has 0 spiro atoms. The highest BCUT2D eigenvalue weighted by Crippen LogP contribution is 2.34. The van der Waals surface area contributed by atoms with Gasteiger partial charge in [0.15, 0.2) is 17.0 Å². The number of thioether (sulfide) groups is 1. The second-order valence-corrected chi connectivity index (χ2v) is 5.57. The number of carbonyl (C=O) groups excluding carboxylic acids is 1. The first-order chi connectivity index (χ1) is 7.38. The van der Waals surface area contributed by atoms with Gasteiger partial charge in [-0.3, -0.25) is 9.36 Å². The number of rotatable bonds is 2. The Bertz CT molecular complexity index is 519. The lowest BCUT2D eigenvalue weighted by Crippen LogP contribution is -2.08. The third-order valence-electron chi connectivity index (χ3n) is 1.79. The molecule has 1 aromatic rings. The summed E-state index contributed by atoms with van der Waals surface area (Å²) in [7, 11) is -4.44. The third-order valence-corrected chi connectivity index (χ3v) is 3.36. The molecule has 0 fully saturated rings. The van der Waals surface area contributed by atoms with Crippen LogP contribution in [0.3, 0.4) is 0 Å². The van der Waals surface area contributed by atoms with Crippen molar-refractivity contribution in [1.82, 2.24) is 0 Å². The van der Waals surface area contributed by atoms with Crippen LogP contribution >= 0.6 is 19.4 Å². The van der Waals surface area contributed by atoms with E-state index in [1.54, 1.807) is 0 Å². The zero-order valence-electron chi connectivity index (χ0n) is 7.73. The summed E-state index contributed by atoms with van der Waals surface area (Å²) < 4.78 is 15.7. The fraction of sp³-hybridized carbons (Fsp3) is 0.143. The molecule has 2 heterocycles. The highest BCUT2D eigenvalue weighted by Gasteiger charge is 2.30. The quantitative estimate of drug-likeness (QED) is 0.606. The maximum absolute atomic E-state index is 11.3. The predicted octanol–water partition coefficient (Wildman–Crippen LogP) is -0.613. The highest BCUT2D eigenvalue weighted by molar-refractivity contribution is 8.16. The van der Waals surface area contributed by atoms with Crippen LogP contribution in [0.1, 0.15) is 5.76 Å². The third kappa shape index (κ3) is 2.11. The molecule has 0 bridgehead atoms. The van der Waals surface area contributed by atoms with Crippen molar-refractivity contribution in [3.05, 3.63) is 17.9 Å². The predicted molar refractivity (Wildman–Crippen MR) is 57.5 cm³/mol. The van der Waals surface area contributed by atoms with Crippen molar-refractivity contribution in [2.75, 3.05) is 0 Å². The second-order valence-electron chi connectivity index (χ2n) is 2.96. The van der Waals surface area contributed by atoms with Crippen molar-refractivity contribution in [3.63, 3.8) is 0 Å². The number of furan rings is 1. The van der Waals surface area contributed by atoms with Gasteiger partial charge in [-0.2, -0.15) is 0 Å². The number of hydrogen-bond donors (Lipinski definition) is 3. The molecule has 86 valence electrons. The topological polar surface area (TPSA) is 126 Å². The first kappa shape index (κ1) is 11.6. The molecule has 4 N–H and O–H groups in total. The van der Waals surface area contributed by atoms with Crippen molar-refractivity contribution in [1.29, 1.82) is 0 Å². The molecular weight excluding hydrogens is 255 g/mol. The van der Waals surface area contributed by atoms with Crippen molar-refractivity contribution in [3.8, 4) is 0 Å². The molecule has 1 aromatic heterocycles. The summed E-state index contributed by atoms with van der Waals surface area (Å²) in [5.74, 6) is 0.0174.